The molecule has 1 N–H and O–H groups in total. The second kappa shape index (κ2) is 9.01. The van der Waals surface area contributed by atoms with Crippen LogP contribution in [0.2, 0.25) is 0 Å². The molecule has 166 valence electrons. The summed E-state index contributed by atoms with van der Waals surface area (Å²) in [6, 6.07) is 15.6. The first-order valence-corrected chi connectivity index (χ1v) is 11.6. The predicted octanol–water partition coefficient (Wildman–Crippen LogP) is 5.52. The molecule has 0 radical (unpaired) electrons. The number of nitriles is 2. The summed E-state index contributed by atoms with van der Waals surface area (Å²) in [6.07, 6.45) is 1.31. The number of aryl methyl sites for hydroxylation is 2. The van der Waals surface area contributed by atoms with Gasteiger partial charge in [0.2, 0.25) is 0 Å². The van der Waals surface area contributed by atoms with Crippen LogP contribution >= 0.6 is 11.3 Å². The molecule has 2 aromatic heterocycles. The summed E-state index contributed by atoms with van der Waals surface area (Å²) in [5.74, 6) is 0. The molecule has 0 aliphatic carbocycles. The van der Waals surface area contributed by atoms with E-state index in [0.29, 0.717) is 42.3 Å². The minimum Gasteiger partial charge on any atom is -0.324 e. The number of thiazole rings is 1. The van der Waals surface area contributed by atoms with Gasteiger partial charge in [0.05, 0.1) is 33.7 Å². The van der Waals surface area contributed by atoms with Gasteiger partial charge in [-0.2, -0.15) is 10.5 Å². The number of nitrogens with zero attached hydrogens (tertiary/aromatic N) is 5. The molecule has 1 aliphatic heterocycles. The summed E-state index contributed by atoms with van der Waals surface area (Å²) in [6.45, 7) is 6.90. The molecule has 1 saturated heterocycles. The minimum atomic E-state index is -0.374. The normalized spacial score (nSPS) is 14.9. The standard InChI is InChI=1S/C25H24N6OS/c1-16-11-20(12-17(2)28-16)22-21(19-6-4-5-18(13-19)14-26)29-23(33-22)30-24(32)31-9-7-25(3,15-27)8-10-31/h4-6,11-13H,7-10H2,1-3H3,(H,29,30,32). The SMILES string of the molecule is Cc1cc(-c2sc(NC(=O)N3CCC(C)(C#N)CC3)nc2-c2cccc(C#N)c2)cc(C)n1. The van der Waals surface area contributed by atoms with Gasteiger partial charge in [0, 0.05) is 30.0 Å². The molecule has 0 unspecified atom stereocenters. The van der Waals surface area contributed by atoms with Crippen LogP contribution in [0, 0.1) is 41.9 Å². The Bertz CT molecular complexity index is 1270. The summed E-state index contributed by atoms with van der Waals surface area (Å²) >= 11 is 1.40. The Morgan fingerprint density at radius 2 is 1.79 bits per heavy atom. The molecule has 8 heteroatoms. The Balaban J connectivity index is 1.67. The monoisotopic (exact) mass is 456 g/mol. The molecule has 33 heavy (non-hydrogen) atoms. The largest absolute Gasteiger partial charge is 0.324 e. The van der Waals surface area contributed by atoms with Crippen molar-refractivity contribution < 1.29 is 4.79 Å². The van der Waals surface area contributed by atoms with E-state index < -0.39 is 0 Å². The first kappa shape index (κ1) is 22.4. The number of carbonyl (C=O) groups excluding carboxylic acids is 1. The maximum absolute atomic E-state index is 12.9. The van der Waals surface area contributed by atoms with Crippen LogP contribution in [0.1, 0.15) is 36.7 Å². The minimum absolute atomic E-state index is 0.213. The van der Waals surface area contributed by atoms with Crippen LogP contribution in [0.25, 0.3) is 21.7 Å². The van der Waals surface area contributed by atoms with Crippen molar-refractivity contribution in [3.8, 4) is 33.8 Å². The molecule has 0 saturated carbocycles. The smallest absolute Gasteiger partial charge is 0.323 e. The molecule has 0 atom stereocenters. The van der Waals surface area contributed by atoms with Gasteiger partial charge >= 0.3 is 6.03 Å². The second-order valence-corrected chi connectivity index (χ2v) is 9.62. The van der Waals surface area contributed by atoms with E-state index in [4.69, 9.17) is 4.98 Å². The molecule has 1 fully saturated rings. The highest BCUT2D eigenvalue weighted by Gasteiger charge is 2.32. The number of urea groups is 1. The van der Waals surface area contributed by atoms with E-state index >= 15 is 0 Å². The number of rotatable bonds is 3. The Hall–Kier alpha value is -3.75. The van der Waals surface area contributed by atoms with E-state index in [1.165, 1.54) is 11.3 Å². The summed E-state index contributed by atoms with van der Waals surface area (Å²) < 4.78 is 0. The number of benzene rings is 1. The van der Waals surface area contributed by atoms with Crippen molar-refractivity contribution in [2.45, 2.75) is 33.6 Å². The Morgan fingerprint density at radius 3 is 2.42 bits per heavy atom. The van der Waals surface area contributed by atoms with Gasteiger partial charge in [-0.1, -0.05) is 23.5 Å². The number of piperidine rings is 1. The van der Waals surface area contributed by atoms with Crippen LogP contribution in [0.15, 0.2) is 36.4 Å². The Morgan fingerprint density at radius 1 is 1.09 bits per heavy atom. The first-order valence-electron chi connectivity index (χ1n) is 10.7. The quantitative estimate of drug-likeness (QED) is 0.559. The summed E-state index contributed by atoms with van der Waals surface area (Å²) in [7, 11) is 0. The molecule has 3 aromatic rings. The zero-order chi connectivity index (χ0) is 23.6. The fourth-order valence-corrected chi connectivity index (χ4v) is 4.92. The Kier molecular flexibility index (Phi) is 6.13. The van der Waals surface area contributed by atoms with E-state index in [1.54, 1.807) is 17.0 Å². The van der Waals surface area contributed by atoms with Crippen LogP contribution in [0.5, 0.6) is 0 Å². The summed E-state index contributed by atoms with van der Waals surface area (Å²) in [5, 5.41) is 22.1. The van der Waals surface area contributed by atoms with E-state index in [0.717, 1.165) is 27.4 Å². The topological polar surface area (TPSA) is 106 Å². The summed E-state index contributed by atoms with van der Waals surface area (Å²) in [4.78, 5) is 24.8. The number of hydrogen-bond donors (Lipinski definition) is 1. The van der Waals surface area contributed by atoms with Crippen LogP contribution in [0.3, 0.4) is 0 Å². The fraction of sp³-hybridized carbons (Fsp3) is 0.320. The van der Waals surface area contributed by atoms with E-state index in [2.05, 4.69) is 22.4 Å². The lowest BCUT2D eigenvalue weighted by Gasteiger charge is -2.34. The van der Waals surface area contributed by atoms with E-state index in [1.807, 2.05) is 45.0 Å². The van der Waals surface area contributed by atoms with Crippen LogP contribution in [-0.4, -0.2) is 34.0 Å². The van der Waals surface area contributed by atoms with Gasteiger partial charge in [-0.05, 0) is 63.4 Å². The molecule has 3 heterocycles. The van der Waals surface area contributed by atoms with Gasteiger partial charge in [0.15, 0.2) is 5.13 Å². The highest BCUT2D eigenvalue weighted by atomic mass is 32.1. The molecule has 7 nitrogen and oxygen atoms in total. The van der Waals surface area contributed by atoms with Crippen molar-refractivity contribution in [2.75, 3.05) is 18.4 Å². The molecule has 0 bridgehead atoms. The predicted molar refractivity (Wildman–Crippen MR) is 129 cm³/mol. The Labute approximate surface area is 197 Å². The fourth-order valence-electron chi connectivity index (χ4n) is 3.95. The molecule has 1 aromatic carbocycles. The van der Waals surface area contributed by atoms with Crippen LogP contribution in [0.4, 0.5) is 9.93 Å². The maximum atomic E-state index is 12.9. The zero-order valence-corrected chi connectivity index (χ0v) is 19.7. The third kappa shape index (κ3) is 4.87. The van der Waals surface area contributed by atoms with Crippen molar-refractivity contribution in [3.05, 3.63) is 53.3 Å². The summed E-state index contributed by atoms with van der Waals surface area (Å²) in [5.41, 5.74) is 4.47. The van der Waals surface area contributed by atoms with Gasteiger partial charge < -0.3 is 4.90 Å². The number of amides is 2. The lowest BCUT2D eigenvalue weighted by atomic mass is 9.82. The van der Waals surface area contributed by atoms with Gasteiger partial charge in [0.1, 0.15) is 0 Å². The van der Waals surface area contributed by atoms with Gasteiger partial charge in [-0.15, -0.1) is 0 Å². The molecular formula is C25H24N6OS. The van der Waals surface area contributed by atoms with Crippen molar-refractivity contribution in [2.24, 2.45) is 5.41 Å². The highest BCUT2D eigenvalue weighted by molar-refractivity contribution is 7.19. The van der Waals surface area contributed by atoms with Crippen LogP contribution < -0.4 is 5.32 Å². The second-order valence-electron chi connectivity index (χ2n) is 8.62. The number of anilines is 1. The van der Waals surface area contributed by atoms with E-state index in [9.17, 15) is 15.3 Å². The molecular weight excluding hydrogens is 432 g/mol. The molecule has 0 spiro atoms. The van der Waals surface area contributed by atoms with Crippen molar-refractivity contribution >= 4 is 22.5 Å². The van der Waals surface area contributed by atoms with E-state index in [-0.39, 0.29) is 11.4 Å². The lowest BCUT2D eigenvalue weighted by molar-refractivity contribution is 0.166. The lowest BCUT2D eigenvalue weighted by Crippen LogP contribution is -2.43. The number of hydrogen-bond acceptors (Lipinski definition) is 6. The van der Waals surface area contributed by atoms with Crippen molar-refractivity contribution in [1.29, 1.82) is 10.5 Å². The number of nitrogens with one attached hydrogen (secondary N) is 1. The number of aromatic nitrogens is 2. The van der Waals surface area contributed by atoms with Gasteiger partial charge in [-0.25, -0.2) is 9.78 Å². The number of pyridine rings is 1. The zero-order valence-electron chi connectivity index (χ0n) is 18.8. The number of carbonyl (C=O) groups is 1. The average Bonchev–Trinajstić information content (AvgIpc) is 3.23. The molecule has 2 amide bonds. The first-order chi connectivity index (χ1) is 15.8. The number of likely N-dealkylation sites (tertiary alicyclic amines) is 1. The van der Waals surface area contributed by atoms with Crippen molar-refractivity contribution in [3.63, 3.8) is 0 Å². The van der Waals surface area contributed by atoms with Gasteiger partial charge in [0.25, 0.3) is 0 Å². The highest BCUT2D eigenvalue weighted by Crippen LogP contribution is 2.40. The van der Waals surface area contributed by atoms with Crippen molar-refractivity contribution in [1.82, 2.24) is 14.9 Å². The average molecular weight is 457 g/mol. The van der Waals surface area contributed by atoms with Crippen LogP contribution in [-0.2, 0) is 0 Å². The molecule has 4 rings (SSSR count). The molecule has 1 aliphatic rings. The van der Waals surface area contributed by atoms with Gasteiger partial charge in [-0.3, -0.25) is 10.3 Å². The third-order valence-corrected chi connectivity index (χ3v) is 6.89. The maximum Gasteiger partial charge on any atom is 0.323 e. The third-order valence-electron chi connectivity index (χ3n) is 5.87.